The smallest absolute Gasteiger partial charge is 0.321 e. The number of carbonyl (C=O) groups excluding carboxylic acids is 2. The Labute approximate surface area is 129 Å². The van der Waals surface area contributed by atoms with E-state index in [4.69, 9.17) is 16.6 Å². The quantitative estimate of drug-likeness (QED) is 0.166. The van der Waals surface area contributed by atoms with Crippen molar-refractivity contribution in [1.82, 2.24) is 0 Å². The summed E-state index contributed by atoms with van der Waals surface area (Å²) in [5, 5.41) is 10.3. The van der Waals surface area contributed by atoms with E-state index < -0.39 is 29.7 Å². The van der Waals surface area contributed by atoms with Crippen molar-refractivity contribution in [3.63, 3.8) is 0 Å². The molecule has 0 aromatic carbocycles. The molecule has 1 fully saturated rings. The highest BCUT2D eigenvalue weighted by molar-refractivity contribution is 6.02. The molecule has 1 aliphatic carbocycles. The first-order chi connectivity index (χ1) is 11.2. The van der Waals surface area contributed by atoms with Crippen LogP contribution in [0.2, 0.25) is 0 Å². The average Bonchev–Trinajstić information content (AvgIpc) is 2.76. The fourth-order valence-electron chi connectivity index (χ4n) is 2.99. The number of cyclic esters (lactones) is 2. The minimum Gasteiger partial charge on any atom is -0.392 e. The molecule has 0 N–H and O–H groups in total. The van der Waals surface area contributed by atoms with Crippen molar-refractivity contribution in [2.24, 2.45) is 33.1 Å². The Balaban J connectivity index is 2.36. The van der Waals surface area contributed by atoms with Gasteiger partial charge in [0.15, 0.2) is 0 Å². The second kappa shape index (κ2) is 7.19. The van der Waals surface area contributed by atoms with E-state index in [9.17, 15) is 9.59 Å². The third kappa shape index (κ3) is 3.04. The van der Waals surface area contributed by atoms with Crippen LogP contribution in [0.4, 0.5) is 0 Å². The number of azide groups is 3. The normalized spacial score (nSPS) is 22.8. The molecule has 12 nitrogen and oxygen atoms in total. The van der Waals surface area contributed by atoms with Gasteiger partial charge in [-0.05, 0) is 28.9 Å². The number of carbonyl (C=O) groups is 2. The highest BCUT2D eigenvalue weighted by Crippen LogP contribution is 2.51. The summed E-state index contributed by atoms with van der Waals surface area (Å²) in [5.74, 6) is -3.22. The molecule has 1 saturated heterocycles. The topological polar surface area (TPSA) is 190 Å². The van der Waals surface area contributed by atoms with Gasteiger partial charge in [0.25, 0.3) is 0 Å². The maximum absolute atomic E-state index is 11.8. The van der Waals surface area contributed by atoms with Crippen molar-refractivity contribution in [2.45, 2.75) is 6.42 Å². The Kier molecular flexibility index (Phi) is 5.06. The van der Waals surface area contributed by atoms with Crippen molar-refractivity contribution in [2.75, 3.05) is 19.6 Å². The zero-order valence-electron chi connectivity index (χ0n) is 11.8. The second-order valence-electron chi connectivity index (χ2n) is 4.90. The van der Waals surface area contributed by atoms with Crippen LogP contribution in [-0.4, -0.2) is 31.6 Å². The van der Waals surface area contributed by atoms with Crippen LogP contribution in [0, 0.1) is 17.8 Å². The number of ether oxygens (including phenoxy) is 1. The predicted octanol–water partition coefficient (Wildman–Crippen LogP) is 2.55. The monoisotopic (exact) mass is 317 g/mol. The number of esters is 2. The molecule has 2 atom stereocenters. The predicted molar refractivity (Wildman–Crippen MR) is 75.3 cm³/mol. The Bertz CT molecular complexity index is 690. The summed E-state index contributed by atoms with van der Waals surface area (Å²) < 4.78 is 4.64. The molecule has 0 aromatic heterocycles. The van der Waals surface area contributed by atoms with Crippen molar-refractivity contribution < 1.29 is 14.3 Å². The molecule has 0 bridgehead atoms. The van der Waals surface area contributed by atoms with Gasteiger partial charge in [0.2, 0.25) is 0 Å². The molecular weight excluding hydrogens is 306 g/mol. The van der Waals surface area contributed by atoms with Gasteiger partial charge in [-0.3, -0.25) is 9.59 Å². The molecular formula is C11H11N9O3. The van der Waals surface area contributed by atoms with Crippen molar-refractivity contribution in [3.8, 4) is 0 Å². The lowest BCUT2D eigenvalue weighted by atomic mass is 9.63. The molecule has 0 spiro atoms. The number of hydrogen-bond acceptors (Lipinski definition) is 6. The maximum atomic E-state index is 11.8. The van der Waals surface area contributed by atoms with E-state index in [0.29, 0.717) is 11.1 Å². The fraction of sp³-hybridized carbons (Fsp3) is 0.636. The summed E-state index contributed by atoms with van der Waals surface area (Å²) in [7, 11) is 0. The molecule has 2 aliphatic rings. The lowest BCUT2D eigenvalue weighted by Gasteiger charge is -2.37. The summed E-state index contributed by atoms with van der Waals surface area (Å²) in [4.78, 5) is 31.5. The maximum Gasteiger partial charge on any atom is 0.321 e. The van der Waals surface area contributed by atoms with Gasteiger partial charge in [0.05, 0.1) is 11.8 Å². The molecule has 1 aliphatic heterocycles. The fourth-order valence-corrected chi connectivity index (χ4v) is 2.99. The van der Waals surface area contributed by atoms with Gasteiger partial charge in [-0.15, -0.1) is 0 Å². The first-order valence-electron chi connectivity index (χ1n) is 6.66. The number of hydrogen-bond donors (Lipinski definition) is 0. The summed E-state index contributed by atoms with van der Waals surface area (Å²) in [6, 6.07) is 0. The highest BCUT2D eigenvalue weighted by atomic mass is 16.6. The van der Waals surface area contributed by atoms with Crippen LogP contribution in [-0.2, 0) is 14.3 Å². The van der Waals surface area contributed by atoms with Gasteiger partial charge in [0.1, 0.15) is 0 Å². The van der Waals surface area contributed by atoms with Gasteiger partial charge in [-0.2, -0.15) is 0 Å². The molecule has 0 radical (unpaired) electrons. The Morgan fingerprint density at radius 1 is 0.957 bits per heavy atom. The summed E-state index contributed by atoms with van der Waals surface area (Å²) in [5.41, 5.74) is 26.5. The summed E-state index contributed by atoms with van der Waals surface area (Å²) in [6.07, 6.45) is 0.284. The molecule has 12 heteroatoms. The zero-order valence-corrected chi connectivity index (χ0v) is 11.8. The van der Waals surface area contributed by atoms with Gasteiger partial charge in [0, 0.05) is 34.4 Å². The van der Waals surface area contributed by atoms with Crippen LogP contribution in [0.15, 0.2) is 26.5 Å². The Morgan fingerprint density at radius 2 is 1.52 bits per heavy atom. The van der Waals surface area contributed by atoms with Gasteiger partial charge in [-0.1, -0.05) is 26.5 Å². The van der Waals surface area contributed by atoms with Crippen molar-refractivity contribution in [3.05, 3.63) is 42.5 Å². The van der Waals surface area contributed by atoms with Crippen LogP contribution < -0.4 is 0 Å². The van der Waals surface area contributed by atoms with E-state index in [1.807, 2.05) is 0 Å². The average molecular weight is 317 g/mol. The lowest BCUT2D eigenvalue weighted by Crippen LogP contribution is -2.38. The molecule has 0 amide bonds. The number of fused-ring (bicyclic) bond motifs is 1. The highest BCUT2D eigenvalue weighted by Gasteiger charge is 2.57. The van der Waals surface area contributed by atoms with E-state index in [1.165, 1.54) is 0 Å². The number of nitrogens with zero attached hydrogens (tertiary/aromatic N) is 9. The summed E-state index contributed by atoms with van der Waals surface area (Å²) in [6.45, 7) is 0.0941. The van der Waals surface area contributed by atoms with E-state index in [0.717, 1.165) is 0 Å². The van der Waals surface area contributed by atoms with Gasteiger partial charge in [-0.25, -0.2) is 0 Å². The second-order valence-corrected chi connectivity index (χ2v) is 4.90. The van der Waals surface area contributed by atoms with Crippen LogP contribution in [0.1, 0.15) is 6.42 Å². The van der Waals surface area contributed by atoms with Crippen LogP contribution >= 0.6 is 0 Å². The third-order valence-electron chi connectivity index (χ3n) is 3.84. The van der Waals surface area contributed by atoms with E-state index in [1.54, 1.807) is 0 Å². The van der Waals surface area contributed by atoms with Crippen molar-refractivity contribution in [1.29, 1.82) is 0 Å². The number of rotatable bonds is 8. The summed E-state index contributed by atoms with van der Waals surface area (Å²) >= 11 is 0. The first-order valence-corrected chi connectivity index (χ1v) is 6.66. The van der Waals surface area contributed by atoms with Gasteiger partial charge >= 0.3 is 11.9 Å². The van der Waals surface area contributed by atoms with Gasteiger partial charge < -0.3 is 4.74 Å². The molecule has 23 heavy (non-hydrogen) atoms. The Hall–Kier alpha value is -3.19. The van der Waals surface area contributed by atoms with Crippen LogP contribution in [0.3, 0.4) is 0 Å². The molecule has 0 aromatic rings. The largest absolute Gasteiger partial charge is 0.392 e. The van der Waals surface area contributed by atoms with E-state index in [-0.39, 0.29) is 26.1 Å². The molecule has 118 valence electrons. The van der Waals surface area contributed by atoms with E-state index >= 15 is 0 Å². The standard InChI is InChI=1S/C11H11N9O3/c12-18-15-2-1-6-7(5(3-16-19-13)4-17-20-14)9-8(6)10(21)23-11(9)22/h5,8-9H,1-4H2. The molecule has 0 saturated carbocycles. The van der Waals surface area contributed by atoms with Crippen LogP contribution in [0.5, 0.6) is 0 Å². The van der Waals surface area contributed by atoms with E-state index in [2.05, 4.69) is 34.8 Å². The zero-order chi connectivity index (χ0) is 16.8. The van der Waals surface area contributed by atoms with Crippen molar-refractivity contribution >= 4 is 11.9 Å². The minimum atomic E-state index is -0.739. The molecule has 2 unspecified atom stereocenters. The first kappa shape index (κ1) is 16.2. The molecule has 2 rings (SSSR count). The lowest BCUT2D eigenvalue weighted by molar-refractivity contribution is -0.153. The SMILES string of the molecule is [N-]=[N+]=NCCC1=C(C(CN=[N+]=[N-])CN=[N+]=[N-])C2C(=O)OC(=O)C12. The minimum absolute atomic E-state index is 0.0133. The Morgan fingerprint density at radius 3 is 2.09 bits per heavy atom. The third-order valence-corrected chi connectivity index (χ3v) is 3.84. The molecule has 1 heterocycles. The van der Waals surface area contributed by atoms with Crippen LogP contribution in [0.25, 0.3) is 31.3 Å².